The number of hydrogen-bond acceptors (Lipinski definition) is 2. The fourth-order valence-corrected chi connectivity index (χ4v) is 2.07. The van der Waals surface area contributed by atoms with E-state index in [1.807, 2.05) is 31.4 Å². The second-order valence-corrected chi connectivity index (χ2v) is 4.25. The largest absolute Gasteiger partial charge is 0.388 e. The molecule has 0 unspecified atom stereocenters. The fourth-order valence-electron chi connectivity index (χ4n) is 2.07. The maximum absolute atomic E-state index is 4.53. The Hall–Kier alpha value is -2.35. The second kappa shape index (κ2) is 4.49. The summed E-state index contributed by atoms with van der Waals surface area (Å²) in [5.74, 6) is 0. The van der Waals surface area contributed by atoms with Crippen LogP contribution >= 0.6 is 0 Å². The van der Waals surface area contributed by atoms with E-state index in [1.165, 1.54) is 5.56 Å². The highest BCUT2D eigenvalue weighted by Gasteiger charge is 2.01. The summed E-state index contributed by atoms with van der Waals surface area (Å²) >= 11 is 0. The summed E-state index contributed by atoms with van der Waals surface area (Å²) in [6, 6.07) is 18.7. The zero-order valence-corrected chi connectivity index (χ0v) is 10.2. The number of benzene rings is 2. The minimum absolute atomic E-state index is 1.02. The predicted octanol–water partition coefficient (Wildman–Crippen LogP) is 3.94. The average Bonchev–Trinajstić information content (AvgIpc) is 2.47. The Bertz CT molecular complexity index is 675. The lowest BCUT2D eigenvalue weighted by atomic mass is 10.1. The third-order valence-electron chi connectivity index (χ3n) is 3.08. The highest BCUT2D eigenvalue weighted by Crippen LogP contribution is 2.24. The molecule has 0 radical (unpaired) electrons. The third kappa shape index (κ3) is 1.93. The number of anilines is 1. The van der Waals surface area contributed by atoms with Gasteiger partial charge in [-0.3, -0.25) is 4.98 Å². The van der Waals surface area contributed by atoms with E-state index in [4.69, 9.17) is 0 Å². The van der Waals surface area contributed by atoms with Gasteiger partial charge in [0.1, 0.15) is 0 Å². The lowest BCUT2D eigenvalue weighted by molar-refractivity contribution is 1.40. The normalized spacial score (nSPS) is 10.5. The van der Waals surface area contributed by atoms with Gasteiger partial charge in [0.05, 0.1) is 5.52 Å². The van der Waals surface area contributed by atoms with Gasteiger partial charge in [0.2, 0.25) is 0 Å². The number of rotatable bonds is 2. The van der Waals surface area contributed by atoms with Gasteiger partial charge in [-0.15, -0.1) is 0 Å². The van der Waals surface area contributed by atoms with Crippen LogP contribution in [0.4, 0.5) is 5.69 Å². The van der Waals surface area contributed by atoms with E-state index in [-0.39, 0.29) is 0 Å². The van der Waals surface area contributed by atoms with Crippen LogP contribution in [0.25, 0.3) is 22.0 Å². The van der Waals surface area contributed by atoms with Crippen LogP contribution in [0.3, 0.4) is 0 Å². The number of nitrogens with one attached hydrogen (secondary N) is 1. The van der Waals surface area contributed by atoms with Gasteiger partial charge in [-0.2, -0.15) is 0 Å². The highest BCUT2D eigenvalue weighted by molar-refractivity contribution is 5.86. The summed E-state index contributed by atoms with van der Waals surface area (Å²) in [5.41, 5.74) is 4.45. The average molecular weight is 234 g/mol. The van der Waals surface area contributed by atoms with Crippen molar-refractivity contribution in [1.29, 1.82) is 0 Å². The van der Waals surface area contributed by atoms with Crippen LogP contribution in [-0.4, -0.2) is 12.0 Å². The number of nitrogens with zero attached hydrogens (tertiary/aromatic N) is 1. The summed E-state index contributed by atoms with van der Waals surface area (Å²) in [5, 5.41) is 4.29. The smallest absolute Gasteiger partial charge is 0.0722 e. The van der Waals surface area contributed by atoms with E-state index in [1.54, 1.807) is 0 Å². The van der Waals surface area contributed by atoms with Crippen molar-refractivity contribution in [2.45, 2.75) is 0 Å². The van der Waals surface area contributed by atoms with Crippen molar-refractivity contribution < 1.29 is 0 Å². The first kappa shape index (κ1) is 10.8. The number of hydrogen-bond donors (Lipinski definition) is 1. The Labute approximate surface area is 106 Å². The van der Waals surface area contributed by atoms with Crippen molar-refractivity contribution in [2.75, 3.05) is 12.4 Å². The van der Waals surface area contributed by atoms with Gasteiger partial charge in [0, 0.05) is 29.9 Å². The molecule has 3 rings (SSSR count). The van der Waals surface area contributed by atoms with Gasteiger partial charge in [-0.25, -0.2) is 0 Å². The van der Waals surface area contributed by atoms with Gasteiger partial charge in [-0.1, -0.05) is 36.4 Å². The molecule has 2 aromatic carbocycles. The lowest BCUT2D eigenvalue weighted by Gasteiger charge is -2.05. The molecule has 0 aliphatic heterocycles. The molecule has 0 saturated heterocycles. The van der Waals surface area contributed by atoms with Crippen LogP contribution in [0.1, 0.15) is 0 Å². The second-order valence-electron chi connectivity index (χ2n) is 4.25. The van der Waals surface area contributed by atoms with Gasteiger partial charge < -0.3 is 5.32 Å². The van der Waals surface area contributed by atoms with Crippen molar-refractivity contribution >= 4 is 16.6 Å². The summed E-state index contributed by atoms with van der Waals surface area (Å²) in [4.78, 5) is 4.53. The minimum atomic E-state index is 1.02. The Kier molecular flexibility index (Phi) is 2.69. The van der Waals surface area contributed by atoms with Crippen LogP contribution in [0.2, 0.25) is 0 Å². The first-order chi connectivity index (χ1) is 8.86. The van der Waals surface area contributed by atoms with E-state index in [0.717, 1.165) is 22.2 Å². The molecule has 0 bridgehead atoms. The van der Waals surface area contributed by atoms with Gasteiger partial charge >= 0.3 is 0 Å². The van der Waals surface area contributed by atoms with E-state index >= 15 is 0 Å². The maximum atomic E-state index is 4.53. The van der Waals surface area contributed by atoms with Crippen LogP contribution in [0.15, 0.2) is 60.8 Å². The molecule has 88 valence electrons. The van der Waals surface area contributed by atoms with Crippen molar-refractivity contribution in [1.82, 2.24) is 4.98 Å². The lowest BCUT2D eigenvalue weighted by Crippen LogP contribution is -1.88. The first-order valence-electron chi connectivity index (χ1n) is 6.00. The van der Waals surface area contributed by atoms with Gasteiger partial charge in [-0.05, 0) is 23.8 Å². The Balaban J connectivity index is 2.12. The number of aromatic nitrogens is 1. The summed E-state index contributed by atoms with van der Waals surface area (Å²) < 4.78 is 0. The predicted molar refractivity (Wildman–Crippen MR) is 76.7 cm³/mol. The minimum Gasteiger partial charge on any atom is -0.388 e. The molecule has 1 heterocycles. The first-order valence-corrected chi connectivity index (χ1v) is 6.00. The quantitative estimate of drug-likeness (QED) is 0.726. The number of fused-ring (bicyclic) bond motifs is 1. The van der Waals surface area contributed by atoms with Gasteiger partial charge in [0.15, 0.2) is 0 Å². The van der Waals surface area contributed by atoms with E-state index in [9.17, 15) is 0 Å². The molecule has 3 aromatic rings. The van der Waals surface area contributed by atoms with Crippen molar-refractivity contribution in [2.24, 2.45) is 0 Å². The van der Waals surface area contributed by atoms with Gasteiger partial charge in [0.25, 0.3) is 0 Å². The monoisotopic (exact) mass is 234 g/mol. The summed E-state index contributed by atoms with van der Waals surface area (Å²) in [6.45, 7) is 0. The number of pyridine rings is 1. The maximum Gasteiger partial charge on any atom is 0.0722 e. The molecule has 0 fully saturated rings. The zero-order valence-electron chi connectivity index (χ0n) is 10.2. The molecular formula is C16H14N2. The van der Waals surface area contributed by atoms with Crippen LogP contribution in [0.5, 0.6) is 0 Å². The zero-order chi connectivity index (χ0) is 12.4. The SMILES string of the molecule is CNc1ccc2cc(-c3ccccc3)cnc2c1. The molecule has 0 aliphatic rings. The topological polar surface area (TPSA) is 24.9 Å². The van der Waals surface area contributed by atoms with Crippen LogP contribution in [-0.2, 0) is 0 Å². The molecule has 0 atom stereocenters. The summed E-state index contributed by atoms with van der Waals surface area (Å²) in [6.07, 6.45) is 1.93. The van der Waals surface area contributed by atoms with Crippen LogP contribution in [0, 0.1) is 0 Å². The Morgan fingerprint density at radius 1 is 0.889 bits per heavy atom. The highest BCUT2D eigenvalue weighted by atomic mass is 14.8. The standard InChI is InChI=1S/C16H14N2/c1-17-15-8-7-13-9-14(11-18-16(13)10-15)12-5-3-2-4-6-12/h2-11,17H,1H3. The van der Waals surface area contributed by atoms with Crippen molar-refractivity contribution in [3.05, 3.63) is 60.8 Å². The Morgan fingerprint density at radius 3 is 2.50 bits per heavy atom. The molecule has 0 aliphatic carbocycles. The molecule has 0 spiro atoms. The summed E-state index contributed by atoms with van der Waals surface area (Å²) in [7, 11) is 1.92. The molecule has 0 saturated carbocycles. The molecule has 0 amide bonds. The van der Waals surface area contributed by atoms with E-state index in [2.05, 4.69) is 46.7 Å². The molecule has 1 aromatic heterocycles. The van der Waals surface area contributed by atoms with Crippen molar-refractivity contribution in [3.63, 3.8) is 0 Å². The molecule has 2 nitrogen and oxygen atoms in total. The molecule has 18 heavy (non-hydrogen) atoms. The third-order valence-corrected chi connectivity index (χ3v) is 3.08. The van der Waals surface area contributed by atoms with E-state index < -0.39 is 0 Å². The molecule has 2 heteroatoms. The van der Waals surface area contributed by atoms with E-state index in [0.29, 0.717) is 0 Å². The fraction of sp³-hybridized carbons (Fsp3) is 0.0625. The van der Waals surface area contributed by atoms with Crippen molar-refractivity contribution in [3.8, 4) is 11.1 Å². The van der Waals surface area contributed by atoms with Crippen LogP contribution < -0.4 is 5.32 Å². The molecular weight excluding hydrogens is 220 g/mol. The molecule has 1 N–H and O–H groups in total. The Morgan fingerprint density at radius 2 is 1.72 bits per heavy atom.